The molecule has 3 heteroatoms. The van der Waals surface area contributed by atoms with Crippen molar-refractivity contribution in [3.8, 4) is 0 Å². The second-order valence-corrected chi connectivity index (χ2v) is 4.21. The molecule has 1 unspecified atom stereocenters. The molecule has 0 saturated heterocycles. The maximum absolute atomic E-state index is 5.48. The van der Waals surface area contributed by atoms with Crippen molar-refractivity contribution < 1.29 is 4.74 Å². The molecule has 1 heterocycles. The van der Waals surface area contributed by atoms with Crippen LogP contribution >= 0.6 is 0 Å². The van der Waals surface area contributed by atoms with Gasteiger partial charge in [-0.2, -0.15) is 0 Å². The molecule has 0 spiro atoms. The van der Waals surface area contributed by atoms with Gasteiger partial charge in [-0.1, -0.05) is 6.07 Å². The van der Waals surface area contributed by atoms with Crippen molar-refractivity contribution in [1.82, 2.24) is 10.3 Å². The van der Waals surface area contributed by atoms with Crippen molar-refractivity contribution >= 4 is 0 Å². The molecule has 0 saturated carbocycles. The van der Waals surface area contributed by atoms with Crippen LogP contribution < -0.4 is 5.32 Å². The molecular formula is C12H20N2O. The summed E-state index contributed by atoms with van der Waals surface area (Å²) >= 11 is 0. The fourth-order valence-electron chi connectivity index (χ4n) is 1.59. The fraction of sp³-hybridized carbons (Fsp3) is 0.583. The van der Waals surface area contributed by atoms with Gasteiger partial charge in [0.2, 0.25) is 0 Å². The second-order valence-electron chi connectivity index (χ2n) is 4.21. The van der Waals surface area contributed by atoms with E-state index in [0.717, 1.165) is 6.42 Å². The van der Waals surface area contributed by atoms with Crippen LogP contribution in [0, 0.1) is 0 Å². The number of aromatic nitrogens is 1. The molecule has 15 heavy (non-hydrogen) atoms. The minimum Gasteiger partial charge on any atom is -0.377 e. The summed E-state index contributed by atoms with van der Waals surface area (Å²) in [5, 5.41) is 3.29. The first-order valence-corrected chi connectivity index (χ1v) is 5.21. The van der Waals surface area contributed by atoms with E-state index >= 15 is 0 Å². The summed E-state index contributed by atoms with van der Waals surface area (Å²) in [4.78, 5) is 4.11. The van der Waals surface area contributed by atoms with Gasteiger partial charge in [0.1, 0.15) is 0 Å². The summed E-state index contributed by atoms with van der Waals surface area (Å²) < 4.78 is 5.48. The normalized spacial score (nSPS) is 13.9. The Labute approximate surface area is 91.9 Å². The Balaban J connectivity index is 2.70. The first kappa shape index (κ1) is 12.1. The van der Waals surface area contributed by atoms with Gasteiger partial charge in [-0.3, -0.25) is 4.98 Å². The van der Waals surface area contributed by atoms with Gasteiger partial charge in [-0.25, -0.2) is 0 Å². The van der Waals surface area contributed by atoms with E-state index in [1.54, 1.807) is 13.3 Å². The summed E-state index contributed by atoms with van der Waals surface area (Å²) in [5.74, 6) is 0. The third kappa shape index (κ3) is 3.29. The van der Waals surface area contributed by atoms with Crippen molar-refractivity contribution in [2.75, 3.05) is 14.2 Å². The average molecular weight is 208 g/mol. The van der Waals surface area contributed by atoms with Crippen LogP contribution in [0.2, 0.25) is 0 Å². The molecule has 0 aliphatic heterocycles. The van der Waals surface area contributed by atoms with Gasteiger partial charge in [0.15, 0.2) is 0 Å². The van der Waals surface area contributed by atoms with E-state index in [0.29, 0.717) is 0 Å². The van der Waals surface area contributed by atoms with Crippen molar-refractivity contribution in [3.63, 3.8) is 0 Å². The lowest BCUT2D eigenvalue weighted by atomic mass is 9.93. The molecule has 0 fully saturated rings. The molecule has 0 bridgehead atoms. The zero-order valence-electron chi connectivity index (χ0n) is 9.95. The molecule has 0 radical (unpaired) electrons. The first-order chi connectivity index (χ1) is 7.10. The Morgan fingerprint density at radius 3 is 2.73 bits per heavy atom. The fourth-order valence-corrected chi connectivity index (χ4v) is 1.59. The topological polar surface area (TPSA) is 34.2 Å². The third-order valence-electron chi connectivity index (χ3n) is 2.88. The molecule has 1 aromatic rings. The van der Waals surface area contributed by atoms with Crippen LogP contribution in [0.15, 0.2) is 24.5 Å². The average Bonchev–Trinajstić information content (AvgIpc) is 2.27. The van der Waals surface area contributed by atoms with E-state index in [2.05, 4.69) is 30.2 Å². The highest BCUT2D eigenvalue weighted by Gasteiger charge is 2.27. The summed E-state index contributed by atoms with van der Waals surface area (Å²) in [6, 6.07) is 4.33. The maximum atomic E-state index is 5.48. The molecule has 1 aromatic heterocycles. The lowest BCUT2D eigenvalue weighted by Crippen LogP contribution is -2.48. The Kier molecular flexibility index (Phi) is 4.24. The molecule has 0 aliphatic rings. The number of likely N-dealkylation sites (N-methyl/N-ethyl adjacent to an activating group) is 1. The number of nitrogens with zero attached hydrogens (tertiary/aromatic N) is 1. The molecular weight excluding hydrogens is 188 g/mol. The highest BCUT2D eigenvalue weighted by molar-refractivity contribution is 5.11. The van der Waals surface area contributed by atoms with Crippen LogP contribution in [0.1, 0.15) is 19.4 Å². The second kappa shape index (κ2) is 5.24. The standard InChI is InChI=1S/C12H20N2O/c1-12(2,15-4)11(13-3)8-10-6-5-7-14-9-10/h5-7,9,11,13H,8H2,1-4H3. The van der Waals surface area contributed by atoms with E-state index in [4.69, 9.17) is 4.74 Å². The van der Waals surface area contributed by atoms with E-state index < -0.39 is 0 Å². The Morgan fingerprint density at radius 2 is 2.27 bits per heavy atom. The number of rotatable bonds is 5. The van der Waals surface area contributed by atoms with Gasteiger partial charge in [-0.05, 0) is 38.9 Å². The smallest absolute Gasteiger partial charge is 0.0778 e. The zero-order chi connectivity index (χ0) is 11.3. The van der Waals surface area contributed by atoms with Crippen molar-refractivity contribution in [3.05, 3.63) is 30.1 Å². The number of methoxy groups -OCH3 is 1. The predicted molar refractivity (Wildman–Crippen MR) is 61.9 cm³/mol. The number of pyridine rings is 1. The van der Waals surface area contributed by atoms with Crippen LogP contribution in [-0.4, -0.2) is 30.8 Å². The Morgan fingerprint density at radius 1 is 1.53 bits per heavy atom. The van der Waals surface area contributed by atoms with Gasteiger partial charge in [0, 0.05) is 25.5 Å². The SMILES string of the molecule is CNC(Cc1cccnc1)C(C)(C)OC. The molecule has 1 rings (SSSR count). The monoisotopic (exact) mass is 208 g/mol. The van der Waals surface area contributed by atoms with Crippen molar-refractivity contribution in [2.45, 2.75) is 31.9 Å². The number of hydrogen-bond donors (Lipinski definition) is 1. The Bertz CT molecular complexity index is 285. The van der Waals surface area contributed by atoms with Crippen LogP contribution in [0.25, 0.3) is 0 Å². The van der Waals surface area contributed by atoms with Gasteiger partial charge in [-0.15, -0.1) is 0 Å². The van der Waals surface area contributed by atoms with Crippen LogP contribution in [0.3, 0.4) is 0 Å². The molecule has 0 aliphatic carbocycles. The summed E-state index contributed by atoms with van der Waals surface area (Å²) in [7, 11) is 3.70. The minimum atomic E-state index is -0.176. The molecule has 3 nitrogen and oxygen atoms in total. The lowest BCUT2D eigenvalue weighted by molar-refractivity contribution is -0.00799. The summed E-state index contributed by atoms with van der Waals surface area (Å²) in [6.07, 6.45) is 4.61. The molecule has 0 amide bonds. The van der Waals surface area contributed by atoms with E-state index in [1.165, 1.54) is 5.56 Å². The quantitative estimate of drug-likeness (QED) is 0.798. The third-order valence-corrected chi connectivity index (χ3v) is 2.88. The number of ether oxygens (including phenoxy) is 1. The van der Waals surface area contributed by atoms with Gasteiger partial charge < -0.3 is 10.1 Å². The van der Waals surface area contributed by atoms with Gasteiger partial charge in [0.05, 0.1) is 5.60 Å². The summed E-state index contributed by atoms with van der Waals surface area (Å²) in [6.45, 7) is 4.18. The van der Waals surface area contributed by atoms with Crippen molar-refractivity contribution in [1.29, 1.82) is 0 Å². The molecule has 1 atom stereocenters. The van der Waals surface area contributed by atoms with E-state index in [1.807, 2.05) is 19.3 Å². The highest BCUT2D eigenvalue weighted by atomic mass is 16.5. The number of hydrogen-bond acceptors (Lipinski definition) is 3. The Hall–Kier alpha value is -0.930. The number of nitrogens with one attached hydrogen (secondary N) is 1. The summed E-state index contributed by atoms with van der Waals surface area (Å²) in [5.41, 5.74) is 1.05. The van der Waals surface area contributed by atoms with E-state index in [-0.39, 0.29) is 11.6 Å². The van der Waals surface area contributed by atoms with Crippen LogP contribution in [0.5, 0.6) is 0 Å². The van der Waals surface area contributed by atoms with E-state index in [9.17, 15) is 0 Å². The highest BCUT2D eigenvalue weighted by Crippen LogP contribution is 2.17. The predicted octanol–water partition coefficient (Wildman–Crippen LogP) is 1.64. The zero-order valence-corrected chi connectivity index (χ0v) is 9.95. The first-order valence-electron chi connectivity index (χ1n) is 5.21. The largest absolute Gasteiger partial charge is 0.377 e. The molecule has 0 aromatic carbocycles. The van der Waals surface area contributed by atoms with Crippen LogP contribution in [0.4, 0.5) is 0 Å². The van der Waals surface area contributed by atoms with Gasteiger partial charge >= 0.3 is 0 Å². The molecule has 1 N–H and O–H groups in total. The van der Waals surface area contributed by atoms with Crippen LogP contribution in [-0.2, 0) is 11.2 Å². The maximum Gasteiger partial charge on any atom is 0.0778 e. The molecule has 84 valence electrons. The van der Waals surface area contributed by atoms with Gasteiger partial charge in [0.25, 0.3) is 0 Å². The lowest BCUT2D eigenvalue weighted by Gasteiger charge is -2.33. The van der Waals surface area contributed by atoms with Crippen molar-refractivity contribution in [2.24, 2.45) is 0 Å². The minimum absolute atomic E-state index is 0.176.